The predicted octanol–water partition coefficient (Wildman–Crippen LogP) is 1.07. The van der Waals surface area contributed by atoms with Crippen LogP contribution >= 0.6 is 0 Å². The molecule has 9 nitrogen and oxygen atoms in total. The Morgan fingerprint density at radius 2 is 2.07 bits per heavy atom. The lowest BCUT2D eigenvalue weighted by Gasteiger charge is -2.43. The molecule has 1 aliphatic rings. The molecule has 0 saturated carbocycles. The van der Waals surface area contributed by atoms with Gasteiger partial charge in [0, 0.05) is 13.1 Å². The molecule has 9 heteroatoms. The van der Waals surface area contributed by atoms with Gasteiger partial charge >= 0.3 is 11.9 Å². The minimum atomic E-state index is -1.45. The van der Waals surface area contributed by atoms with Gasteiger partial charge in [-0.05, 0) is 30.5 Å². The van der Waals surface area contributed by atoms with Crippen molar-refractivity contribution in [2.24, 2.45) is 5.41 Å². The first-order chi connectivity index (χ1) is 13.4. The van der Waals surface area contributed by atoms with Crippen LogP contribution in [-0.2, 0) is 11.2 Å². The molecule has 0 spiro atoms. The number of carbonyl (C=O) groups is 2. The molecule has 0 radical (unpaired) electrons. The Labute approximate surface area is 161 Å². The molecule has 3 N–H and O–H groups in total. The van der Waals surface area contributed by atoms with E-state index >= 15 is 0 Å². The zero-order valence-electron chi connectivity index (χ0n) is 15.3. The minimum absolute atomic E-state index is 0.0157. The Hall–Kier alpha value is -3.20. The summed E-state index contributed by atoms with van der Waals surface area (Å²) in [6.45, 7) is 0.400. The Morgan fingerprint density at radius 3 is 2.68 bits per heavy atom. The number of ether oxygens (including phenoxy) is 1. The largest absolute Gasteiger partial charge is 0.497 e. The van der Waals surface area contributed by atoms with Crippen LogP contribution in [0, 0.1) is 5.41 Å². The molecule has 1 aromatic heterocycles. The van der Waals surface area contributed by atoms with Gasteiger partial charge in [-0.1, -0.05) is 12.1 Å². The average molecular weight is 387 g/mol. The van der Waals surface area contributed by atoms with E-state index in [0.29, 0.717) is 18.1 Å². The number of anilines is 1. The maximum Gasteiger partial charge on any atom is 0.356 e. The number of methoxy groups -OCH3 is 1. The van der Waals surface area contributed by atoms with Gasteiger partial charge in [0.2, 0.25) is 0 Å². The van der Waals surface area contributed by atoms with Gasteiger partial charge in [-0.2, -0.15) is 0 Å². The quantitative estimate of drug-likeness (QED) is 0.665. The summed E-state index contributed by atoms with van der Waals surface area (Å²) in [6, 6.07) is 7.07. The van der Waals surface area contributed by atoms with Crippen molar-refractivity contribution < 1.29 is 29.6 Å². The van der Waals surface area contributed by atoms with E-state index in [9.17, 15) is 19.8 Å². The summed E-state index contributed by atoms with van der Waals surface area (Å²) in [5.41, 5.74) is -0.908. The molecule has 1 aromatic carbocycles. The first-order valence-electron chi connectivity index (χ1n) is 8.70. The number of hydrogen-bond acceptors (Lipinski definition) is 7. The fourth-order valence-corrected chi connectivity index (χ4v) is 3.48. The van der Waals surface area contributed by atoms with Crippen LogP contribution in [-0.4, -0.2) is 63.5 Å². The van der Waals surface area contributed by atoms with Gasteiger partial charge in [-0.3, -0.25) is 4.79 Å². The van der Waals surface area contributed by atoms with E-state index in [-0.39, 0.29) is 25.1 Å². The second kappa shape index (κ2) is 7.81. The number of piperidine rings is 1. The fraction of sp³-hybridized carbons (Fsp3) is 0.368. The maximum atomic E-state index is 12.2. The number of carboxylic acid groups (broad SMARTS) is 2. The lowest BCUT2D eigenvalue weighted by Crippen LogP contribution is -2.57. The van der Waals surface area contributed by atoms with Crippen molar-refractivity contribution in [1.29, 1.82) is 0 Å². The molecule has 2 atom stereocenters. The number of aliphatic hydroxyl groups excluding tert-OH is 1. The van der Waals surface area contributed by atoms with E-state index in [1.54, 1.807) is 29.2 Å². The number of aliphatic carboxylic acids is 1. The van der Waals surface area contributed by atoms with E-state index in [2.05, 4.69) is 9.97 Å². The normalized spacial score (nSPS) is 21.9. The molecule has 28 heavy (non-hydrogen) atoms. The van der Waals surface area contributed by atoms with E-state index in [4.69, 9.17) is 9.84 Å². The monoisotopic (exact) mass is 387 g/mol. The van der Waals surface area contributed by atoms with E-state index < -0.39 is 23.5 Å². The SMILES string of the molecule is COc1cccc(C[C@@]2(C(=O)O)CN(c3cnc(C(=O)O)cn3)CC[C@@H]2O)c1. The van der Waals surface area contributed by atoms with Crippen molar-refractivity contribution in [3.63, 3.8) is 0 Å². The van der Waals surface area contributed by atoms with E-state index in [0.717, 1.165) is 11.8 Å². The van der Waals surface area contributed by atoms with Crippen molar-refractivity contribution in [3.05, 3.63) is 47.9 Å². The number of aromatic carboxylic acids is 1. The zero-order valence-corrected chi connectivity index (χ0v) is 15.3. The van der Waals surface area contributed by atoms with Crippen LogP contribution in [0.3, 0.4) is 0 Å². The van der Waals surface area contributed by atoms with Gasteiger partial charge in [0.25, 0.3) is 0 Å². The number of hydrogen-bond donors (Lipinski definition) is 3. The Morgan fingerprint density at radius 1 is 1.29 bits per heavy atom. The van der Waals surface area contributed by atoms with Crippen LogP contribution in [0.5, 0.6) is 5.75 Å². The first kappa shape index (κ1) is 19.6. The summed E-state index contributed by atoms with van der Waals surface area (Å²) in [5, 5.41) is 29.6. The molecule has 1 fully saturated rings. The fourth-order valence-electron chi connectivity index (χ4n) is 3.48. The molecular formula is C19H21N3O6. The maximum absolute atomic E-state index is 12.2. The standard InChI is InChI=1S/C19H21N3O6/c1-28-13-4-2-3-12(7-13)8-19(18(26)27)11-22(6-5-15(19)23)16-10-20-14(9-21-16)17(24)25/h2-4,7,9-10,15,23H,5-6,8,11H2,1H3,(H,24,25)(H,26,27)/t15-,19+/m0/s1. The van der Waals surface area contributed by atoms with E-state index in [1.165, 1.54) is 13.3 Å². The van der Waals surface area contributed by atoms with Gasteiger partial charge in [0.1, 0.15) is 17.0 Å². The van der Waals surface area contributed by atoms with Crippen LogP contribution in [0.1, 0.15) is 22.5 Å². The number of nitrogens with zero attached hydrogens (tertiary/aromatic N) is 3. The Bertz CT molecular complexity index is 872. The van der Waals surface area contributed by atoms with Crippen LogP contribution in [0.4, 0.5) is 5.82 Å². The van der Waals surface area contributed by atoms with Gasteiger partial charge in [-0.15, -0.1) is 0 Å². The van der Waals surface area contributed by atoms with Crippen molar-refractivity contribution in [2.75, 3.05) is 25.1 Å². The van der Waals surface area contributed by atoms with Crippen LogP contribution in [0.25, 0.3) is 0 Å². The number of aromatic nitrogens is 2. The third-order valence-electron chi connectivity index (χ3n) is 5.04. The molecule has 0 bridgehead atoms. The van der Waals surface area contributed by atoms with Gasteiger partial charge in [0.05, 0.1) is 25.6 Å². The molecular weight excluding hydrogens is 366 g/mol. The van der Waals surface area contributed by atoms with Gasteiger partial charge in [0.15, 0.2) is 5.69 Å². The highest BCUT2D eigenvalue weighted by Crippen LogP contribution is 2.36. The molecule has 0 unspecified atom stereocenters. The molecule has 0 aliphatic carbocycles. The van der Waals surface area contributed by atoms with Crippen molar-refractivity contribution in [1.82, 2.24) is 9.97 Å². The molecule has 1 saturated heterocycles. The van der Waals surface area contributed by atoms with Gasteiger partial charge in [-0.25, -0.2) is 14.8 Å². The number of benzene rings is 1. The van der Waals surface area contributed by atoms with Crippen molar-refractivity contribution in [2.45, 2.75) is 18.9 Å². The summed E-state index contributed by atoms with van der Waals surface area (Å²) in [5.74, 6) is -1.32. The summed E-state index contributed by atoms with van der Waals surface area (Å²) in [6.07, 6.45) is 1.74. The van der Waals surface area contributed by atoms with E-state index in [1.807, 2.05) is 0 Å². The molecule has 148 valence electrons. The van der Waals surface area contributed by atoms with Crippen molar-refractivity contribution >= 4 is 17.8 Å². The zero-order chi connectivity index (χ0) is 20.3. The summed E-state index contributed by atoms with van der Waals surface area (Å²) < 4.78 is 5.20. The summed E-state index contributed by atoms with van der Waals surface area (Å²) in [4.78, 5) is 32.8. The number of aliphatic hydroxyl groups is 1. The van der Waals surface area contributed by atoms with Crippen molar-refractivity contribution in [3.8, 4) is 5.75 Å². The molecule has 3 rings (SSSR count). The molecule has 2 heterocycles. The minimum Gasteiger partial charge on any atom is -0.497 e. The second-order valence-corrected chi connectivity index (χ2v) is 6.78. The molecule has 1 aliphatic heterocycles. The number of carboxylic acids is 2. The Balaban J connectivity index is 1.90. The van der Waals surface area contributed by atoms with Crippen LogP contribution in [0.2, 0.25) is 0 Å². The molecule has 0 amide bonds. The lowest BCUT2D eigenvalue weighted by molar-refractivity contribution is -0.157. The molecule has 2 aromatic rings. The third kappa shape index (κ3) is 3.74. The highest BCUT2D eigenvalue weighted by molar-refractivity contribution is 5.85. The lowest BCUT2D eigenvalue weighted by atomic mass is 9.73. The highest BCUT2D eigenvalue weighted by atomic mass is 16.5. The van der Waals surface area contributed by atoms with Crippen LogP contribution in [0.15, 0.2) is 36.7 Å². The smallest absolute Gasteiger partial charge is 0.356 e. The second-order valence-electron chi connectivity index (χ2n) is 6.78. The highest BCUT2D eigenvalue weighted by Gasteiger charge is 2.49. The predicted molar refractivity (Wildman–Crippen MR) is 98.6 cm³/mol. The topological polar surface area (TPSA) is 133 Å². The number of rotatable bonds is 6. The first-order valence-corrected chi connectivity index (χ1v) is 8.70. The Kier molecular flexibility index (Phi) is 5.46. The van der Waals surface area contributed by atoms with Crippen LogP contribution < -0.4 is 9.64 Å². The third-order valence-corrected chi connectivity index (χ3v) is 5.04. The summed E-state index contributed by atoms with van der Waals surface area (Å²) >= 11 is 0. The average Bonchev–Trinajstić information content (AvgIpc) is 2.69. The van der Waals surface area contributed by atoms with Gasteiger partial charge < -0.3 is 25.0 Å². The summed E-state index contributed by atoms with van der Waals surface area (Å²) in [7, 11) is 1.53.